The van der Waals surface area contributed by atoms with Crippen LogP contribution in [0.1, 0.15) is 33.1 Å². The first-order valence-corrected chi connectivity index (χ1v) is 5.25. The van der Waals surface area contributed by atoms with E-state index in [1.54, 1.807) is 6.08 Å². The fourth-order valence-electron chi connectivity index (χ4n) is 0.980. The Kier molecular flexibility index (Phi) is 7.32. The Morgan fingerprint density at radius 3 is 2.60 bits per heavy atom. The van der Waals surface area contributed by atoms with Gasteiger partial charge in [-0.05, 0) is 6.42 Å². The van der Waals surface area contributed by atoms with Crippen LogP contribution in [-0.2, 0) is 9.53 Å². The van der Waals surface area contributed by atoms with Gasteiger partial charge >= 0.3 is 6.09 Å². The SMILES string of the molecule is C=CCCC(=O)N1CCOC1=O.CCC. The van der Waals surface area contributed by atoms with E-state index in [9.17, 15) is 9.59 Å². The van der Waals surface area contributed by atoms with Crippen LogP contribution in [0.2, 0.25) is 0 Å². The lowest BCUT2D eigenvalue weighted by Crippen LogP contribution is -2.31. The monoisotopic (exact) mass is 213 g/mol. The zero-order chi connectivity index (χ0) is 11.7. The number of imide groups is 1. The average Bonchev–Trinajstić information content (AvgIpc) is 2.62. The van der Waals surface area contributed by atoms with Gasteiger partial charge in [-0.1, -0.05) is 26.3 Å². The van der Waals surface area contributed by atoms with Gasteiger partial charge in [0.1, 0.15) is 6.61 Å². The van der Waals surface area contributed by atoms with Gasteiger partial charge in [-0.25, -0.2) is 9.69 Å². The second kappa shape index (κ2) is 8.03. The van der Waals surface area contributed by atoms with Gasteiger partial charge in [-0.3, -0.25) is 4.79 Å². The summed E-state index contributed by atoms with van der Waals surface area (Å²) in [5.41, 5.74) is 0. The lowest BCUT2D eigenvalue weighted by molar-refractivity contribution is -0.127. The fraction of sp³-hybridized carbons (Fsp3) is 0.636. The second-order valence-electron chi connectivity index (χ2n) is 3.19. The van der Waals surface area contributed by atoms with E-state index in [0.717, 1.165) is 4.90 Å². The largest absolute Gasteiger partial charge is 0.447 e. The Morgan fingerprint density at radius 1 is 1.60 bits per heavy atom. The van der Waals surface area contributed by atoms with Gasteiger partial charge in [0.25, 0.3) is 0 Å². The number of carbonyl (C=O) groups excluding carboxylic acids is 2. The van der Waals surface area contributed by atoms with Crippen molar-refractivity contribution in [2.45, 2.75) is 33.1 Å². The van der Waals surface area contributed by atoms with Gasteiger partial charge < -0.3 is 4.74 Å². The Balaban J connectivity index is 0.000000583. The summed E-state index contributed by atoms with van der Waals surface area (Å²) in [5.74, 6) is -0.183. The van der Waals surface area contributed by atoms with Gasteiger partial charge in [0.15, 0.2) is 0 Å². The summed E-state index contributed by atoms with van der Waals surface area (Å²) < 4.78 is 4.61. The quantitative estimate of drug-likeness (QED) is 0.676. The summed E-state index contributed by atoms with van der Waals surface area (Å²) in [6.45, 7) is 8.44. The number of rotatable bonds is 3. The highest BCUT2D eigenvalue weighted by Crippen LogP contribution is 2.06. The number of hydrogen-bond donors (Lipinski definition) is 0. The van der Waals surface area contributed by atoms with Crippen LogP contribution in [0.25, 0.3) is 0 Å². The Labute approximate surface area is 90.9 Å². The van der Waals surface area contributed by atoms with E-state index in [0.29, 0.717) is 26.0 Å². The van der Waals surface area contributed by atoms with Crippen molar-refractivity contribution in [2.75, 3.05) is 13.2 Å². The molecule has 0 spiro atoms. The summed E-state index contributed by atoms with van der Waals surface area (Å²) in [7, 11) is 0. The highest BCUT2D eigenvalue weighted by Gasteiger charge is 2.27. The summed E-state index contributed by atoms with van der Waals surface area (Å²) in [5, 5.41) is 0. The predicted molar refractivity (Wildman–Crippen MR) is 58.5 cm³/mol. The molecular weight excluding hydrogens is 194 g/mol. The molecule has 0 aliphatic carbocycles. The van der Waals surface area contributed by atoms with Gasteiger partial charge in [-0.15, -0.1) is 6.58 Å². The molecule has 1 aliphatic heterocycles. The summed E-state index contributed by atoms with van der Waals surface area (Å²) in [6.07, 6.45) is 3.31. The molecule has 0 radical (unpaired) electrons. The van der Waals surface area contributed by atoms with Crippen LogP contribution in [0.4, 0.5) is 4.79 Å². The molecule has 0 aromatic heterocycles. The summed E-state index contributed by atoms with van der Waals surface area (Å²) in [6, 6.07) is 0. The Bertz CT molecular complexity index is 226. The maximum Gasteiger partial charge on any atom is 0.416 e. The smallest absolute Gasteiger partial charge is 0.416 e. The van der Waals surface area contributed by atoms with Crippen LogP contribution in [0.3, 0.4) is 0 Å². The third-order valence-corrected chi connectivity index (χ3v) is 1.62. The van der Waals surface area contributed by atoms with E-state index >= 15 is 0 Å². The molecule has 1 rings (SSSR count). The Hall–Kier alpha value is -1.32. The van der Waals surface area contributed by atoms with Crippen molar-refractivity contribution in [2.24, 2.45) is 0 Å². The second-order valence-corrected chi connectivity index (χ2v) is 3.19. The normalized spacial score (nSPS) is 14.0. The molecule has 0 aromatic carbocycles. The highest BCUT2D eigenvalue weighted by molar-refractivity contribution is 5.92. The standard InChI is InChI=1S/C8H11NO3.C3H8/c1-2-3-4-7(10)9-5-6-12-8(9)11;1-3-2/h2H,1,3-6H2;3H2,1-2H3. The molecule has 1 fully saturated rings. The number of nitrogens with zero attached hydrogens (tertiary/aromatic N) is 1. The van der Waals surface area contributed by atoms with Gasteiger partial charge in [0, 0.05) is 6.42 Å². The molecule has 1 saturated heterocycles. The lowest BCUT2D eigenvalue weighted by Gasteiger charge is -2.08. The van der Waals surface area contributed by atoms with Gasteiger partial charge in [-0.2, -0.15) is 0 Å². The van der Waals surface area contributed by atoms with Crippen LogP contribution in [0.15, 0.2) is 12.7 Å². The van der Waals surface area contributed by atoms with Gasteiger partial charge in [0.05, 0.1) is 6.54 Å². The van der Waals surface area contributed by atoms with Crippen molar-refractivity contribution in [3.63, 3.8) is 0 Å². The topological polar surface area (TPSA) is 46.6 Å². The predicted octanol–water partition coefficient (Wildman–Crippen LogP) is 2.35. The first-order valence-electron chi connectivity index (χ1n) is 5.25. The van der Waals surface area contributed by atoms with E-state index < -0.39 is 6.09 Å². The number of cyclic esters (lactones) is 1. The van der Waals surface area contributed by atoms with Crippen LogP contribution in [0, 0.1) is 0 Å². The fourth-order valence-corrected chi connectivity index (χ4v) is 0.980. The molecule has 0 aromatic rings. The molecule has 1 heterocycles. The number of ether oxygens (including phenoxy) is 1. The van der Waals surface area contributed by atoms with Crippen molar-refractivity contribution >= 4 is 12.0 Å². The number of hydrogen-bond acceptors (Lipinski definition) is 3. The molecule has 86 valence electrons. The number of amides is 2. The molecule has 0 N–H and O–H groups in total. The molecule has 15 heavy (non-hydrogen) atoms. The maximum atomic E-state index is 11.2. The van der Waals surface area contributed by atoms with E-state index in [2.05, 4.69) is 25.2 Å². The average molecular weight is 213 g/mol. The van der Waals surface area contributed by atoms with Crippen LogP contribution >= 0.6 is 0 Å². The Morgan fingerprint density at radius 2 is 2.20 bits per heavy atom. The first-order chi connectivity index (χ1) is 7.17. The van der Waals surface area contributed by atoms with Crippen molar-refractivity contribution in [3.8, 4) is 0 Å². The van der Waals surface area contributed by atoms with Crippen molar-refractivity contribution in [1.29, 1.82) is 0 Å². The minimum absolute atomic E-state index is 0.183. The molecule has 0 bridgehead atoms. The van der Waals surface area contributed by atoms with Crippen molar-refractivity contribution < 1.29 is 14.3 Å². The van der Waals surface area contributed by atoms with Crippen molar-refractivity contribution in [1.82, 2.24) is 4.90 Å². The third-order valence-electron chi connectivity index (χ3n) is 1.62. The van der Waals surface area contributed by atoms with Crippen LogP contribution in [-0.4, -0.2) is 30.1 Å². The minimum Gasteiger partial charge on any atom is -0.447 e. The lowest BCUT2D eigenvalue weighted by atomic mass is 10.3. The highest BCUT2D eigenvalue weighted by atomic mass is 16.6. The molecule has 1 aliphatic rings. The van der Waals surface area contributed by atoms with Crippen LogP contribution < -0.4 is 0 Å². The van der Waals surface area contributed by atoms with E-state index in [1.165, 1.54) is 6.42 Å². The molecule has 4 nitrogen and oxygen atoms in total. The number of allylic oxidation sites excluding steroid dienone is 1. The maximum absolute atomic E-state index is 11.2. The molecule has 0 atom stereocenters. The molecule has 2 amide bonds. The molecular formula is C11H19NO3. The van der Waals surface area contributed by atoms with E-state index in [4.69, 9.17) is 0 Å². The van der Waals surface area contributed by atoms with Crippen LogP contribution in [0.5, 0.6) is 0 Å². The zero-order valence-corrected chi connectivity index (χ0v) is 9.49. The zero-order valence-electron chi connectivity index (χ0n) is 9.49. The molecule has 0 unspecified atom stereocenters. The minimum atomic E-state index is -0.524. The first kappa shape index (κ1) is 13.7. The summed E-state index contributed by atoms with van der Waals surface area (Å²) >= 11 is 0. The third kappa shape index (κ3) is 5.20. The van der Waals surface area contributed by atoms with Gasteiger partial charge in [0.2, 0.25) is 5.91 Å². The molecule has 0 saturated carbocycles. The number of carbonyl (C=O) groups is 2. The van der Waals surface area contributed by atoms with Crippen molar-refractivity contribution in [3.05, 3.63) is 12.7 Å². The van der Waals surface area contributed by atoms with E-state index in [1.807, 2.05) is 0 Å². The summed E-state index contributed by atoms with van der Waals surface area (Å²) in [4.78, 5) is 23.2. The van der Waals surface area contributed by atoms with E-state index in [-0.39, 0.29) is 5.91 Å². The molecule has 4 heteroatoms.